The standard InChI is InChI=1S/C23H23BrN3O/c24-21-6-2-1-5-19(21)16-28-22-13-20(14-26-23(22)25)18-9-7-17(8-10-18)15-27-11-3-4-12-27/h1-2,5-10,13-15H,3-4,11-12,16H2,(H2,25,26). The Bertz CT molecular complexity index is 937. The molecule has 0 bridgehead atoms. The van der Waals surface area contributed by atoms with Crippen LogP contribution in [-0.4, -0.2) is 23.0 Å². The number of likely N-dealkylation sites (tertiary alicyclic amines) is 1. The van der Waals surface area contributed by atoms with Crippen molar-refractivity contribution in [3.8, 4) is 16.9 Å². The van der Waals surface area contributed by atoms with Gasteiger partial charge in [0, 0.05) is 21.8 Å². The van der Waals surface area contributed by atoms with Gasteiger partial charge in [0.2, 0.25) is 0 Å². The highest BCUT2D eigenvalue weighted by Gasteiger charge is 2.12. The van der Waals surface area contributed by atoms with Gasteiger partial charge in [-0.1, -0.05) is 58.4 Å². The van der Waals surface area contributed by atoms with Crippen molar-refractivity contribution in [3.63, 3.8) is 0 Å². The summed E-state index contributed by atoms with van der Waals surface area (Å²) in [7, 11) is 0. The fraction of sp³-hybridized carbons (Fsp3) is 0.217. The van der Waals surface area contributed by atoms with Gasteiger partial charge >= 0.3 is 0 Å². The summed E-state index contributed by atoms with van der Waals surface area (Å²) in [6.45, 7) is 4.98. The fourth-order valence-electron chi connectivity index (χ4n) is 3.34. The average Bonchev–Trinajstić information content (AvgIpc) is 3.22. The zero-order chi connectivity index (χ0) is 19.3. The first-order valence-electron chi connectivity index (χ1n) is 9.50. The molecule has 1 aromatic heterocycles. The minimum atomic E-state index is 0.398. The molecule has 1 radical (unpaired) electrons. The molecule has 4 rings (SSSR count). The lowest BCUT2D eigenvalue weighted by atomic mass is 10.1. The van der Waals surface area contributed by atoms with E-state index in [0.29, 0.717) is 18.2 Å². The molecule has 0 spiro atoms. The zero-order valence-electron chi connectivity index (χ0n) is 15.6. The molecule has 1 aliphatic heterocycles. The molecule has 28 heavy (non-hydrogen) atoms. The summed E-state index contributed by atoms with van der Waals surface area (Å²) in [5, 5.41) is 0. The maximum atomic E-state index is 6.03. The summed E-state index contributed by atoms with van der Waals surface area (Å²) in [5.74, 6) is 0.996. The highest BCUT2D eigenvalue weighted by molar-refractivity contribution is 9.10. The highest BCUT2D eigenvalue weighted by atomic mass is 79.9. The van der Waals surface area contributed by atoms with Gasteiger partial charge in [-0.2, -0.15) is 0 Å². The van der Waals surface area contributed by atoms with E-state index in [4.69, 9.17) is 10.5 Å². The van der Waals surface area contributed by atoms with E-state index in [9.17, 15) is 0 Å². The second-order valence-corrected chi connectivity index (χ2v) is 7.84. The summed E-state index contributed by atoms with van der Waals surface area (Å²) in [5.41, 5.74) is 10.4. The Morgan fingerprint density at radius 1 is 1.04 bits per heavy atom. The normalized spacial score (nSPS) is 14.3. The number of halogens is 1. The number of benzene rings is 2. The third-order valence-electron chi connectivity index (χ3n) is 4.94. The number of nitrogens with two attached hydrogens (primary N) is 1. The Kier molecular flexibility index (Phi) is 5.93. The summed E-state index contributed by atoms with van der Waals surface area (Å²) < 4.78 is 6.96. The van der Waals surface area contributed by atoms with Crippen LogP contribution in [0.2, 0.25) is 0 Å². The van der Waals surface area contributed by atoms with Crippen molar-refractivity contribution >= 4 is 21.7 Å². The van der Waals surface area contributed by atoms with Crippen LogP contribution in [0.3, 0.4) is 0 Å². The zero-order valence-corrected chi connectivity index (χ0v) is 17.2. The SMILES string of the molecule is Nc1ncc(-c2ccc([CH]N3CCCC3)cc2)cc1OCc1ccccc1Br. The molecule has 0 amide bonds. The minimum absolute atomic E-state index is 0.398. The van der Waals surface area contributed by atoms with Gasteiger partial charge in [-0.3, -0.25) is 4.90 Å². The number of aromatic nitrogens is 1. The van der Waals surface area contributed by atoms with Crippen LogP contribution in [0.1, 0.15) is 24.0 Å². The molecular formula is C23H23BrN3O. The molecular weight excluding hydrogens is 414 g/mol. The van der Waals surface area contributed by atoms with Crippen LogP contribution in [0, 0.1) is 6.54 Å². The van der Waals surface area contributed by atoms with Crippen LogP contribution >= 0.6 is 15.9 Å². The molecule has 1 aliphatic rings. The minimum Gasteiger partial charge on any atom is -0.485 e. The first kappa shape index (κ1) is 19.0. The van der Waals surface area contributed by atoms with Crippen LogP contribution in [0.15, 0.2) is 65.3 Å². The molecule has 0 atom stereocenters. The number of anilines is 1. The van der Waals surface area contributed by atoms with E-state index in [1.165, 1.54) is 18.4 Å². The van der Waals surface area contributed by atoms with Crippen molar-refractivity contribution < 1.29 is 4.74 Å². The van der Waals surface area contributed by atoms with Crippen LogP contribution in [0.4, 0.5) is 5.82 Å². The van der Waals surface area contributed by atoms with Crippen molar-refractivity contribution in [3.05, 3.63) is 82.9 Å². The Labute approximate surface area is 174 Å². The highest BCUT2D eigenvalue weighted by Crippen LogP contribution is 2.29. The second-order valence-electron chi connectivity index (χ2n) is 6.98. The lowest BCUT2D eigenvalue weighted by molar-refractivity contribution is 0.306. The number of rotatable bonds is 6. The van der Waals surface area contributed by atoms with E-state index in [1.807, 2.05) is 30.3 Å². The smallest absolute Gasteiger partial charge is 0.166 e. The van der Waals surface area contributed by atoms with Gasteiger partial charge in [0.15, 0.2) is 11.6 Å². The van der Waals surface area contributed by atoms with Crippen LogP contribution in [0.5, 0.6) is 5.75 Å². The van der Waals surface area contributed by atoms with Crippen molar-refractivity contribution in [1.82, 2.24) is 9.88 Å². The number of pyridine rings is 1. The number of ether oxygens (including phenoxy) is 1. The van der Waals surface area contributed by atoms with Gasteiger partial charge in [-0.25, -0.2) is 4.98 Å². The third-order valence-corrected chi connectivity index (χ3v) is 5.71. The molecule has 2 heterocycles. The Balaban J connectivity index is 1.47. The molecule has 1 saturated heterocycles. The number of nitrogen functional groups attached to an aromatic ring is 1. The quantitative estimate of drug-likeness (QED) is 0.570. The maximum Gasteiger partial charge on any atom is 0.166 e. The lowest BCUT2D eigenvalue weighted by Gasteiger charge is -2.14. The lowest BCUT2D eigenvalue weighted by Crippen LogP contribution is -2.15. The number of nitrogens with zero attached hydrogens (tertiary/aromatic N) is 2. The molecule has 0 aliphatic carbocycles. The van der Waals surface area contributed by atoms with Crippen molar-refractivity contribution in [1.29, 1.82) is 0 Å². The van der Waals surface area contributed by atoms with E-state index in [1.54, 1.807) is 6.20 Å². The second kappa shape index (κ2) is 8.76. The molecule has 0 unspecified atom stereocenters. The predicted molar refractivity (Wildman–Crippen MR) is 117 cm³/mol. The predicted octanol–water partition coefficient (Wildman–Crippen LogP) is 5.28. The van der Waals surface area contributed by atoms with Crippen molar-refractivity contribution in [2.45, 2.75) is 19.4 Å². The van der Waals surface area contributed by atoms with Gasteiger partial charge in [-0.05, 0) is 49.2 Å². The molecule has 1 fully saturated rings. The summed E-state index contributed by atoms with van der Waals surface area (Å²) in [6.07, 6.45) is 4.36. The first-order chi connectivity index (χ1) is 13.7. The molecule has 143 valence electrons. The molecule has 4 nitrogen and oxygen atoms in total. The van der Waals surface area contributed by atoms with Crippen LogP contribution < -0.4 is 10.5 Å². The monoisotopic (exact) mass is 436 g/mol. The Morgan fingerprint density at radius 3 is 2.54 bits per heavy atom. The molecule has 2 N–H and O–H groups in total. The van der Waals surface area contributed by atoms with Crippen LogP contribution in [-0.2, 0) is 6.61 Å². The van der Waals surface area contributed by atoms with Gasteiger partial charge in [-0.15, -0.1) is 0 Å². The van der Waals surface area contributed by atoms with Gasteiger partial charge in [0.1, 0.15) is 6.61 Å². The van der Waals surface area contributed by atoms with E-state index >= 15 is 0 Å². The summed E-state index contributed by atoms with van der Waals surface area (Å²) in [6, 6.07) is 18.5. The van der Waals surface area contributed by atoms with E-state index in [2.05, 4.69) is 56.6 Å². The topological polar surface area (TPSA) is 51.4 Å². The fourth-order valence-corrected chi connectivity index (χ4v) is 3.74. The largest absolute Gasteiger partial charge is 0.485 e. The van der Waals surface area contributed by atoms with Gasteiger partial charge in [0.25, 0.3) is 0 Å². The molecule has 3 aromatic rings. The first-order valence-corrected chi connectivity index (χ1v) is 10.3. The maximum absolute atomic E-state index is 6.03. The van der Waals surface area contributed by atoms with Crippen molar-refractivity contribution in [2.24, 2.45) is 0 Å². The number of hydrogen-bond acceptors (Lipinski definition) is 4. The van der Waals surface area contributed by atoms with Crippen molar-refractivity contribution in [2.75, 3.05) is 18.8 Å². The Hall–Kier alpha value is -2.37. The molecule has 0 saturated carbocycles. The van der Waals surface area contributed by atoms with E-state index in [-0.39, 0.29) is 0 Å². The van der Waals surface area contributed by atoms with Gasteiger partial charge in [0.05, 0.1) is 6.54 Å². The number of hydrogen-bond donors (Lipinski definition) is 1. The Morgan fingerprint density at radius 2 is 1.79 bits per heavy atom. The van der Waals surface area contributed by atoms with E-state index in [0.717, 1.165) is 34.3 Å². The summed E-state index contributed by atoms with van der Waals surface area (Å²) in [4.78, 5) is 6.70. The molecule has 5 heteroatoms. The third kappa shape index (κ3) is 4.54. The molecule has 2 aromatic carbocycles. The van der Waals surface area contributed by atoms with Crippen LogP contribution in [0.25, 0.3) is 11.1 Å². The summed E-state index contributed by atoms with van der Waals surface area (Å²) >= 11 is 3.54. The average molecular weight is 437 g/mol. The van der Waals surface area contributed by atoms with E-state index < -0.39 is 0 Å². The van der Waals surface area contributed by atoms with Gasteiger partial charge < -0.3 is 10.5 Å².